The molecule has 0 aliphatic heterocycles. The molecule has 0 rings (SSSR count). The lowest BCUT2D eigenvalue weighted by Gasteiger charge is -1.91. The van der Waals surface area contributed by atoms with E-state index in [-0.39, 0.29) is 0 Å². The molecule has 0 aliphatic rings. The highest BCUT2D eigenvalue weighted by molar-refractivity contribution is 7.99. The average Bonchev–Trinajstić information content (AvgIpc) is 2.50. The molecular formula is C20H32S. The second kappa shape index (κ2) is 19.1. The lowest BCUT2D eigenvalue weighted by atomic mass is 10.2. The first-order valence-electron chi connectivity index (χ1n) is 8.24. The minimum absolute atomic E-state index is 1.04. The maximum absolute atomic E-state index is 2.29. The van der Waals surface area contributed by atoms with E-state index in [2.05, 4.69) is 74.6 Å². The normalized spacial score (nSPS) is 13.0. The standard InChI is InChI=1S/C20H32S/c1-3-5-6-7-8-9-10-11-12-13-14-15-16-17-18-19-20-21-4-2/h5-6,8-9,11-12,14-15,17-18H,3-4,7,10,13,16,19-20H2,1-2H3/b6-5-,9-8-,12-11-,15-14-,18-17-. The predicted octanol–water partition coefficient (Wildman–Crippen LogP) is 6.88. The van der Waals surface area contributed by atoms with Gasteiger partial charge in [-0.1, -0.05) is 74.6 Å². The molecule has 0 aromatic heterocycles. The van der Waals surface area contributed by atoms with Crippen molar-refractivity contribution < 1.29 is 0 Å². The van der Waals surface area contributed by atoms with Gasteiger partial charge in [0.15, 0.2) is 0 Å². The van der Waals surface area contributed by atoms with Crippen LogP contribution in [0, 0.1) is 0 Å². The number of allylic oxidation sites excluding steroid dienone is 10. The van der Waals surface area contributed by atoms with Gasteiger partial charge in [-0.25, -0.2) is 0 Å². The Hall–Kier alpha value is -0.950. The van der Waals surface area contributed by atoms with Crippen molar-refractivity contribution in [2.45, 2.75) is 52.4 Å². The topological polar surface area (TPSA) is 0 Å². The van der Waals surface area contributed by atoms with E-state index in [9.17, 15) is 0 Å². The van der Waals surface area contributed by atoms with Crippen molar-refractivity contribution in [2.75, 3.05) is 11.5 Å². The van der Waals surface area contributed by atoms with Crippen LogP contribution in [0.3, 0.4) is 0 Å². The van der Waals surface area contributed by atoms with Crippen molar-refractivity contribution in [3.8, 4) is 0 Å². The Morgan fingerprint density at radius 1 is 0.571 bits per heavy atom. The second-order valence-corrected chi connectivity index (χ2v) is 6.09. The lowest BCUT2D eigenvalue weighted by molar-refractivity contribution is 1.19. The van der Waals surface area contributed by atoms with Crippen LogP contribution in [0.4, 0.5) is 0 Å². The molecule has 0 N–H and O–H groups in total. The van der Waals surface area contributed by atoms with Gasteiger partial charge >= 0.3 is 0 Å². The summed E-state index contributed by atoms with van der Waals surface area (Å²) in [5.74, 6) is 2.48. The molecule has 0 aliphatic carbocycles. The first-order valence-corrected chi connectivity index (χ1v) is 9.40. The van der Waals surface area contributed by atoms with Gasteiger partial charge in [0.05, 0.1) is 0 Å². The molecule has 0 nitrogen and oxygen atoms in total. The summed E-state index contributed by atoms with van der Waals surface area (Å²) in [7, 11) is 0. The fraction of sp³-hybridized carbons (Fsp3) is 0.500. The summed E-state index contributed by atoms with van der Waals surface area (Å²) in [6.07, 6.45) is 29.0. The molecular weight excluding hydrogens is 272 g/mol. The Labute approximate surface area is 136 Å². The van der Waals surface area contributed by atoms with Crippen molar-refractivity contribution >= 4 is 11.8 Å². The zero-order valence-electron chi connectivity index (χ0n) is 13.8. The highest BCUT2D eigenvalue weighted by atomic mass is 32.2. The zero-order chi connectivity index (χ0) is 15.4. The Morgan fingerprint density at radius 2 is 1.00 bits per heavy atom. The molecule has 0 unspecified atom stereocenters. The van der Waals surface area contributed by atoms with E-state index in [1.54, 1.807) is 0 Å². The Kier molecular flexibility index (Phi) is 18.2. The predicted molar refractivity (Wildman–Crippen MR) is 102 cm³/mol. The van der Waals surface area contributed by atoms with Crippen LogP contribution in [0.2, 0.25) is 0 Å². The number of thioether (sulfide) groups is 1. The minimum atomic E-state index is 1.04. The fourth-order valence-electron chi connectivity index (χ4n) is 1.66. The van der Waals surface area contributed by atoms with Crippen molar-refractivity contribution in [3.05, 3.63) is 60.8 Å². The molecule has 0 saturated heterocycles. The molecule has 0 bridgehead atoms. The maximum atomic E-state index is 2.29. The van der Waals surface area contributed by atoms with Gasteiger partial charge in [0, 0.05) is 0 Å². The van der Waals surface area contributed by atoms with Crippen LogP contribution in [-0.4, -0.2) is 11.5 Å². The minimum Gasteiger partial charge on any atom is -0.162 e. The maximum Gasteiger partial charge on any atom is -0.00330 e. The third-order valence-electron chi connectivity index (χ3n) is 2.79. The van der Waals surface area contributed by atoms with Crippen molar-refractivity contribution in [2.24, 2.45) is 0 Å². The van der Waals surface area contributed by atoms with Gasteiger partial charge in [0.2, 0.25) is 0 Å². The molecule has 0 saturated carbocycles. The van der Waals surface area contributed by atoms with E-state index in [1.807, 2.05) is 11.8 Å². The first-order chi connectivity index (χ1) is 10.4. The van der Waals surface area contributed by atoms with Gasteiger partial charge in [0.1, 0.15) is 0 Å². The zero-order valence-corrected chi connectivity index (χ0v) is 14.7. The third kappa shape index (κ3) is 19.0. The van der Waals surface area contributed by atoms with Gasteiger partial charge in [-0.2, -0.15) is 11.8 Å². The van der Waals surface area contributed by atoms with Crippen LogP contribution < -0.4 is 0 Å². The highest BCUT2D eigenvalue weighted by Gasteiger charge is 1.80. The summed E-state index contributed by atoms with van der Waals surface area (Å²) in [4.78, 5) is 0. The van der Waals surface area contributed by atoms with E-state index >= 15 is 0 Å². The Balaban J connectivity index is 3.41. The SMILES string of the molecule is CC/C=C\C/C=C\C/C=C\C/C=C\C/C=C\CCSCC. The smallest absolute Gasteiger partial charge is 0.00330 e. The van der Waals surface area contributed by atoms with E-state index in [1.165, 1.54) is 17.9 Å². The quantitative estimate of drug-likeness (QED) is 0.264. The molecule has 21 heavy (non-hydrogen) atoms. The van der Waals surface area contributed by atoms with E-state index < -0.39 is 0 Å². The number of hydrogen-bond donors (Lipinski definition) is 0. The number of rotatable bonds is 13. The van der Waals surface area contributed by atoms with E-state index in [0.29, 0.717) is 0 Å². The second-order valence-electron chi connectivity index (χ2n) is 4.69. The Bertz CT molecular complexity index is 332. The lowest BCUT2D eigenvalue weighted by Crippen LogP contribution is -1.75. The third-order valence-corrected chi connectivity index (χ3v) is 3.72. The largest absolute Gasteiger partial charge is 0.162 e. The first kappa shape index (κ1) is 20.1. The molecule has 1 heteroatoms. The van der Waals surface area contributed by atoms with Gasteiger partial charge in [-0.15, -0.1) is 0 Å². The average molecular weight is 305 g/mol. The van der Waals surface area contributed by atoms with E-state index in [0.717, 1.165) is 32.1 Å². The van der Waals surface area contributed by atoms with Crippen molar-refractivity contribution in [1.82, 2.24) is 0 Å². The van der Waals surface area contributed by atoms with Crippen molar-refractivity contribution in [3.63, 3.8) is 0 Å². The highest BCUT2D eigenvalue weighted by Crippen LogP contribution is 2.02. The van der Waals surface area contributed by atoms with Gasteiger partial charge < -0.3 is 0 Å². The molecule has 118 valence electrons. The summed E-state index contributed by atoms with van der Waals surface area (Å²) < 4.78 is 0. The van der Waals surface area contributed by atoms with Crippen LogP contribution in [0.25, 0.3) is 0 Å². The summed E-state index contributed by atoms with van der Waals surface area (Å²) in [5, 5.41) is 0. The van der Waals surface area contributed by atoms with Crippen LogP contribution in [-0.2, 0) is 0 Å². The van der Waals surface area contributed by atoms with Gasteiger partial charge in [-0.05, 0) is 50.0 Å². The molecule has 0 fully saturated rings. The van der Waals surface area contributed by atoms with Crippen LogP contribution in [0.5, 0.6) is 0 Å². The molecule has 0 aromatic rings. The Morgan fingerprint density at radius 3 is 1.43 bits per heavy atom. The fourth-order valence-corrected chi connectivity index (χ4v) is 2.26. The number of hydrogen-bond acceptors (Lipinski definition) is 1. The summed E-state index contributed by atoms with van der Waals surface area (Å²) in [6, 6.07) is 0. The van der Waals surface area contributed by atoms with E-state index in [4.69, 9.17) is 0 Å². The van der Waals surface area contributed by atoms with Crippen LogP contribution in [0.15, 0.2) is 60.8 Å². The molecule has 0 amide bonds. The summed E-state index contributed by atoms with van der Waals surface area (Å²) in [5.41, 5.74) is 0. The molecule has 0 spiro atoms. The molecule has 0 aromatic carbocycles. The monoisotopic (exact) mass is 304 g/mol. The summed E-state index contributed by atoms with van der Waals surface area (Å²) >= 11 is 2.01. The van der Waals surface area contributed by atoms with Crippen LogP contribution in [0.1, 0.15) is 52.4 Å². The van der Waals surface area contributed by atoms with Crippen molar-refractivity contribution in [1.29, 1.82) is 0 Å². The van der Waals surface area contributed by atoms with Gasteiger partial charge in [-0.3, -0.25) is 0 Å². The van der Waals surface area contributed by atoms with Gasteiger partial charge in [0.25, 0.3) is 0 Å². The molecule has 0 radical (unpaired) electrons. The summed E-state index contributed by atoms with van der Waals surface area (Å²) in [6.45, 7) is 4.38. The van der Waals surface area contributed by atoms with Crippen LogP contribution >= 0.6 is 11.8 Å². The molecule has 0 atom stereocenters. The molecule has 0 heterocycles.